The molecule has 3 aromatic carbocycles. The van der Waals surface area contributed by atoms with Crippen molar-refractivity contribution in [1.82, 2.24) is 5.32 Å². The number of carbonyl (C=O) groups is 2. The van der Waals surface area contributed by atoms with Crippen LogP contribution in [0.4, 0.5) is 5.69 Å². The van der Waals surface area contributed by atoms with Crippen molar-refractivity contribution >= 4 is 29.1 Å². The van der Waals surface area contributed by atoms with Gasteiger partial charge in [-0.2, -0.15) is 0 Å². The van der Waals surface area contributed by atoms with Crippen LogP contribution in [-0.2, 0) is 6.54 Å². The van der Waals surface area contributed by atoms with Gasteiger partial charge in [0.2, 0.25) is 0 Å². The van der Waals surface area contributed by atoms with Crippen LogP contribution in [-0.4, -0.2) is 18.9 Å². The van der Waals surface area contributed by atoms with Crippen LogP contribution in [0.15, 0.2) is 72.8 Å². The fourth-order valence-electron chi connectivity index (χ4n) is 2.67. The minimum Gasteiger partial charge on any atom is -0.496 e. The minimum absolute atomic E-state index is 0.229. The number of ether oxygens (including phenoxy) is 1. The second-order valence-corrected chi connectivity index (χ2v) is 6.47. The first kappa shape index (κ1) is 19.5. The number of hydrogen-bond donors (Lipinski definition) is 2. The third-order valence-electron chi connectivity index (χ3n) is 4.12. The molecule has 3 aromatic rings. The van der Waals surface area contributed by atoms with Gasteiger partial charge in [-0.3, -0.25) is 9.59 Å². The average Bonchev–Trinajstić information content (AvgIpc) is 2.72. The van der Waals surface area contributed by atoms with Crippen molar-refractivity contribution in [3.8, 4) is 5.75 Å². The number of para-hydroxylation sites is 1. The SMILES string of the molecule is COc1ccccc1CNC(=O)c1ccc(C(=O)Nc2cccc(Cl)c2)cc1. The number of carbonyl (C=O) groups excluding carboxylic acids is 2. The Balaban J connectivity index is 1.61. The van der Waals surface area contributed by atoms with E-state index in [2.05, 4.69) is 10.6 Å². The van der Waals surface area contributed by atoms with Crippen LogP contribution in [0.2, 0.25) is 5.02 Å². The molecule has 5 nitrogen and oxygen atoms in total. The molecular weight excluding hydrogens is 376 g/mol. The average molecular weight is 395 g/mol. The smallest absolute Gasteiger partial charge is 0.255 e. The highest BCUT2D eigenvalue weighted by Gasteiger charge is 2.10. The third kappa shape index (κ3) is 4.90. The van der Waals surface area contributed by atoms with Gasteiger partial charge >= 0.3 is 0 Å². The standard InChI is InChI=1S/C22H19ClN2O3/c1-28-20-8-3-2-5-17(20)14-24-21(26)15-9-11-16(12-10-15)22(27)25-19-7-4-6-18(23)13-19/h2-13H,14H2,1H3,(H,24,26)(H,25,27). The summed E-state index contributed by atoms with van der Waals surface area (Å²) in [7, 11) is 1.59. The summed E-state index contributed by atoms with van der Waals surface area (Å²) in [6.07, 6.45) is 0. The van der Waals surface area contributed by atoms with Gasteiger partial charge in [0, 0.05) is 33.9 Å². The second kappa shape index (κ2) is 9.06. The van der Waals surface area contributed by atoms with Crippen molar-refractivity contribution in [2.75, 3.05) is 12.4 Å². The molecule has 0 aliphatic heterocycles. The van der Waals surface area contributed by atoms with Crippen LogP contribution >= 0.6 is 11.6 Å². The summed E-state index contributed by atoms with van der Waals surface area (Å²) in [6, 6.07) is 20.8. The van der Waals surface area contributed by atoms with Gasteiger partial charge in [-0.05, 0) is 48.5 Å². The van der Waals surface area contributed by atoms with E-state index in [4.69, 9.17) is 16.3 Å². The Bertz CT molecular complexity index is 987. The maximum absolute atomic E-state index is 12.4. The van der Waals surface area contributed by atoms with Crippen LogP contribution in [0.3, 0.4) is 0 Å². The van der Waals surface area contributed by atoms with Crippen LogP contribution < -0.4 is 15.4 Å². The monoisotopic (exact) mass is 394 g/mol. The van der Waals surface area contributed by atoms with E-state index in [-0.39, 0.29) is 11.8 Å². The summed E-state index contributed by atoms with van der Waals surface area (Å²) in [5.41, 5.74) is 2.41. The van der Waals surface area contributed by atoms with E-state index in [1.54, 1.807) is 55.6 Å². The third-order valence-corrected chi connectivity index (χ3v) is 4.36. The van der Waals surface area contributed by atoms with Crippen LogP contribution in [0, 0.1) is 0 Å². The first-order valence-corrected chi connectivity index (χ1v) is 9.01. The summed E-state index contributed by atoms with van der Waals surface area (Å²) in [6.45, 7) is 0.347. The lowest BCUT2D eigenvalue weighted by Crippen LogP contribution is -2.23. The van der Waals surface area contributed by atoms with Gasteiger partial charge in [0.15, 0.2) is 0 Å². The van der Waals surface area contributed by atoms with E-state index in [9.17, 15) is 9.59 Å². The number of anilines is 1. The molecule has 0 fully saturated rings. The molecule has 2 amide bonds. The molecule has 6 heteroatoms. The molecular formula is C22H19ClN2O3. The maximum atomic E-state index is 12.4. The number of rotatable bonds is 6. The molecule has 2 N–H and O–H groups in total. The molecule has 0 aromatic heterocycles. The summed E-state index contributed by atoms with van der Waals surface area (Å²) >= 11 is 5.92. The zero-order valence-electron chi connectivity index (χ0n) is 15.2. The quantitative estimate of drug-likeness (QED) is 0.645. The van der Waals surface area contributed by atoms with Gasteiger partial charge in [0.05, 0.1) is 7.11 Å². The van der Waals surface area contributed by atoms with Crippen molar-refractivity contribution in [2.24, 2.45) is 0 Å². The number of nitrogens with one attached hydrogen (secondary N) is 2. The normalized spacial score (nSPS) is 10.2. The first-order valence-electron chi connectivity index (χ1n) is 8.64. The highest BCUT2D eigenvalue weighted by Crippen LogP contribution is 2.18. The number of benzene rings is 3. The van der Waals surface area contributed by atoms with E-state index in [0.717, 1.165) is 11.3 Å². The summed E-state index contributed by atoms with van der Waals surface area (Å²) < 4.78 is 5.28. The second-order valence-electron chi connectivity index (χ2n) is 6.04. The van der Waals surface area contributed by atoms with Gasteiger partial charge in [0.1, 0.15) is 5.75 Å². The Kier molecular flexibility index (Phi) is 6.29. The van der Waals surface area contributed by atoms with Crippen molar-refractivity contribution in [2.45, 2.75) is 6.54 Å². The number of hydrogen-bond acceptors (Lipinski definition) is 3. The van der Waals surface area contributed by atoms with Gasteiger partial charge in [-0.25, -0.2) is 0 Å². The molecule has 28 heavy (non-hydrogen) atoms. The Hall–Kier alpha value is -3.31. The lowest BCUT2D eigenvalue weighted by atomic mass is 10.1. The predicted molar refractivity (Wildman–Crippen MR) is 110 cm³/mol. The lowest BCUT2D eigenvalue weighted by Gasteiger charge is -2.10. The van der Waals surface area contributed by atoms with Crippen molar-refractivity contribution in [1.29, 1.82) is 0 Å². The van der Waals surface area contributed by atoms with Crippen molar-refractivity contribution in [3.63, 3.8) is 0 Å². The van der Waals surface area contributed by atoms with E-state index < -0.39 is 0 Å². The number of methoxy groups -OCH3 is 1. The summed E-state index contributed by atoms with van der Waals surface area (Å²) in [5.74, 6) is 0.215. The van der Waals surface area contributed by atoms with Gasteiger partial charge in [-0.15, -0.1) is 0 Å². The lowest BCUT2D eigenvalue weighted by molar-refractivity contribution is 0.0949. The largest absolute Gasteiger partial charge is 0.496 e. The van der Waals surface area contributed by atoms with E-state index in [1.807, 2.05) is 24.3 Å². The number of halogens is 1. The predicted octanol–water partition coefficient (Wildman–Crippen LogP) is 4.53. The van der Waals surface area contributed by atoms with Crippen LogP contribution in [0.1, 0.15) is 26.3 Å². The molecule has 0 unspecified atom stereocenters. The van der Waals surface area contributed by atoms with Gasteiger partial charge in [0.25, 0.3) is 11.8 Å². The summed E-state index contributed by atoms with van der Waals surface area (Å²) in [4.78, 5) is 24.7. The molecule has 0 heterocycles. The minimum atomic E-state index is -0.275. The van der Waals surface area contributed by atoms with Gasteiger partial charge in [-0.1, -0.05) is 35.9 Å². The van der Waals surface area contributed by atoms with E-state index >= 15 is 0 Å². The number of amides is 2. The summed E-state index contributed by atoms with van der Waals surface area (Å²) in [5, 5.41) is 6.16. The Morgan fingerprint density at radius 2 is 1.57 bits per heavy atom. The molecule has 3 rings (SSSR count). The molecule has 0 spiro atoms. The zero-order valence-corrected chi connectivity index (χ0v) is 16.0. The van der Waals surface area contributed by atoms with Crippen molar-refractivity contribution in [3.05, 3.63) is 94.5 Å². The molecule has 0 saturated carbocycles. The van der Waals surface area contributed by atoms with Gasteiger partial charge < -0.3 is 15.4 Å². The van der Waals surface area contributed by atoms with Crippen LogP contribution in [0.5, 0.6) is 5.75 Å². The molecule has 0 aliphatic rings. The van der Waals surface area contributed by atoms with E-state index in [1.165, 1.54) is 0 Å². The molecule has 0 atom stereocenters. The molecule has 142 valence electrons. The Labute approximate surface area is 168 Å². The maximum Gasteiger partial charge on any atom is 0.255 e. The molecule has 0 saturated heterocycles. The van der Waals surface area contributed by atoms with Crippen molar-refractivity contribution < 1.29 is 14.3 Å². The topological polar surface area (TPSA) is 67.4 Å². The molecule has 0 aliphatic carbocycles. The first-order chi connectivity index (χ1) is 13.6. The van der Waals surface area contributed by atoms with E-state index in [0.29, 0.717) is 28.4 Å². The molecule has 0 radical (unpaired) electrons. The Morgan fingerprint density at radius 1 is 0.893 bits per heavy atom. The fourth-order valence-corrected chi connectivity index (χ4v) is 2.86. The Morgan fingerprint density at radius 3 is 2.25 bits per heavy atom. The highest BCUT2D eigenvalue weighted by atomic mass is 35.5. The fraction of sp³-hybridized carbons (Fsp3) is 0.0909. The highest BCUT2D eigenvalue weighted by molar-refractivity contribution is 6.31. The molecule has 0 bridgehead atoms. The zero-order chi connectivity index (χ0) is 19.9. The van der Waals surface area contributed by atoms with Crippen LogP contribution in [0.25, 0.3) is 0 Å².